The number of hydrogen-bond acceptors (Lipinski definition) is 7. The SMILES string of the molecule is CC(C)(O)CNc1cc(-c2cccc(C(F)(F)F)n2)nc(Nc2ccnc(C(F)(F)F)c2)n1. The van der Waals surface area contributed by atoms with E-state index in [1.54, 1.807) is 0 Å². The van der Waals surface area contributed by atoms with Gasteiger partial charge in [-0.15, -0.1) is 0 Å². The summed E-state index contributed by atoms with van der Waals surface area (Å²) < 4.78 is 78.1. The van der Waals surface area contributed by atoms with Gasteiger partial charge in [-0.3, -0.25) is 4.98 Å². The molecule has 0 aliphatic rings. The third-order valence-corrected chi connectivity index (χ3v) is 4.04. The predicted octanol–water partition coefficient (Wildman–Crippen LogP) is 4.90. The summed E-state index contributed by atoms with van der Waals surface area (Å²) in [5.74, 6) is -0.0989. The molecule has 33 heavy (non-hydrogen) atoms. The summed E-state index contributed by atoms with van der Waals surface area (Å²) in [6, 6.07) is 6.55. The highest BCUT2D eigenvalue weighted by Crippen LogP contribution is 2.31. The van der Waals surface area contributed by atoms with Crippen LogP contribution in [0.2, 0.25) is 0 Å². The molecule has 0 amide bonds. The molecule has 3 aromatic heterocycles. The molecule has 0 bridgehead atoms. The summed E-state index contributed by atoms with van der Waals surface area (Å²) in [7, 11) is 0. The van der Waals surface area contributed by atoms with Crippen LogP contribution >= 0.6 is 0 Å². The molecule has 0 unspecified atom stereocenters. The lowest BCUT2D eigenvalue weighted by atomic mass is 10.1. The molecule has 0 aromatic carbocycles. The van der Waals surface area contributed by atoms with Crippen LogP contribution in [0.25, 0.3) is 11.4 Å². The van der Waals surface area contributed by atoms with Crippen LogP contribution in [-0.2, 0) is 12.4 Å². The van der Waals surface area contributed by atoms with Crippen LogP contribution in [0.5, 0.6) is 0 Å². The standard InChI is InChI=1S/C20H18F6N6O/c1-18(2,33)10-28-16-9-13(12-4-3-5-14(30-12)19(21,22)23)31-17(32-16)29-11-6-7-27-15(8-11)20(24,25)26/h3-9,33H,10H2,1-2H3,(H2,27,28,29,31,32). The van der Waals surface area contributed by atoms with Crippen molar-refractivity contribution >= 4 is 17.5 Å². The van der Waals surface area contributed by atoms with Crippen molar-refractivity contribution in [2.45, 2.75) is 31.8 Å². The Balaban J connectivity index is 2.02. The Kier molecular flexibility index (Phi) is 6.45. The molecule has 3 heterocycles. The van der Waals surface area contributed by atoms with Gasteiger partial charge in [0.25, 0.3) is 0 Å². The van der Waals surface area contributed by atoms with Gasteiger partial charge in [-0.05, 0) is 38.1 Å². The summed E-state index contributed by atoms with van der Waals surface area (Å²) in [4.78, 5) is 15.1. The fourth-order valence-electron chi connectivity index (χ4n) is 2.56. The Morgan fingerprint density at radius 1 is 0.848 bits per heavy atom. The minimum Gasteiger partial charge on any atom is -0.389 e. The molecule has 0 aliphatic heterocycles. The number of pyridine rings is 2. The first kappa shape index (κ1) is 24.2. The van der Waals surface area contributed by atoms with Gasteiger partial charge in [0.05, 0.1) is 17.0 Å². The second kappa shape index (κ2) is 8.81. The van der Waals surface area contributed by atoms with E-state index in [1.165, 1.54) is 32.0 Å². The molecule has 13 heteroatoms. The zero-order chi connectivity index (χ0) is 24.4. The maximum atomic E-state index is 13.1. The third-order valence-electron chi connectivity index (χ3n) is 4.04. The predicted molar refractivity (Wildman–Crippen MR) is 108 cm³/mol. The maximum Gasteiger partial charge on any atom is 0.433 e. The Morgan fingerprint density at radius 2 is 1.55 bits per heavy atom. The fraction of sp³-hybridized carbons (Fsp3) is 0.300. The summed E-state index contributed by atoms with van der Waals surface area (Å²) in [6.07, 6.45) is -8.42. The molecule has 0 saturated heterocycles. The van der Waals surface area contributed by atoms with Crippen molar-refractivity contribution in [2.75, 3.05) is 17.2 Å². The van der Waals surface area contributed by atoms with Gasteiger partial charge in [0.1, 0.15) is 17.2 Å². The van der Waals surface area contributed by atoms with E-state index in [0.29, 0.717) is 0 Å². The van der Waals surface area contributed by atoms with E-state index in [4.69, 9.17) is 0 Å². The zero-order valence-corrected chi connectivity index (χ0v) is 17.3. The van der Waals surface area contributed by atoms with Gasteiger partial charge in [0.15, 0.2) is 0 Å². The first-order valence-electron chi connectivity index (χ1n) is 9.41. The van der Waals surface area contributed by atoms with Crippen molar-refractivity contribution in [3.05, 3.63) is 54.0 Å². The molecule has 7 nitrogen and oxygen atoms in total. The van der Waals surface area contributed by atoms with Crippen LogP contribution in [0.4, 0.5) is 43.8 Å². The number of aromatic nitrogens is 4. The number of anilines is 3. The number of nitrogens with one attached hydrogen (secondary N) is 2. The summed E-state index contributed by atoms with van der Waals surface area (Å²) in [5, 5.41) is 15.3. The van der Waals surface area contributed by atoms with Gasteiger partial charge in [-0.2, -0.15) is 31.3 Å². The summed E-state index contributed by atoms with van der Waals surface area (Å²) in [6.45, 7) is 3.06. The molecular weight excluding hydrogens is 454 g/mol. The molecule has 3 N–H and O–H groups in total. The lowest BCUT2D eigenvalue weighted by Gasteiger charge is -2.19. The third kappa shape index (κ3) is 6.75. The Bertz CT molecular complexity index is 1130. The molecule has 0 atom stereocenters. The van der Waals surface area contributed by atoms with E-state index >= 15 is 0 Å². The van der Waals surface area contributed by atoms with Crippen molar-refractivity contribution in [2.24, 2.45) is 0 Å². The molecule has 0 aliphatic carbocycles. The number of halogens is 6. The molecule has 0 radical (unpaired) electrons. The number of hydrogen-bond donors (Lipinski definition) is 3. The minimum absolute atomic E-state index is 0.0202. The van der Waals surface area contributed by atoms with Gasteiger partial charge in [-0.25, -0.2) is 9.97 Å². The van der Waals surface area contributed by atoms with Crippen LogP contribution in [0.3, 0.4) is 0 Å². The van der Waals surface area contributed by atoms with Gasteiger partial charge >= 0.3 is 12.4 Å². The number of aliphatic hydroxyl groups is 1. The van der Waals surface area contributed by atoms with Crippen molar-refractivity contribution in [1.29, 1.82) is 0 Å². The van der Waals surface area contributed by atoms with Gasteiger partial charge in [-0.1, -0.05) is 6.07 Å². The highest BCUT2D eigenvalue weighted by Gasteiger charge is 2.33. The lowest BCUT2D eigenvalue weighted by Crippen LogP contribution is -2.29. The Hall–Kier alpha value is -3.48. The van der Waals surface area contributed by atoms with Gasteiger partial charge in [0, 0.05) is 24.5 Å². The summed E-state index contributed by atoms with van der Waals surface area (Å²) >= 11 is 0. The highest BCUT2D eigenvalue weighted by molar-refractivity contribution is 5.64. The first-order chi connectivity index (χ1) is 15.2. The van der Waals surface area contributed by atoms with Gasteiger partial charge < -0.3 is 15.7 Å². The molecule has 0 spiro atoms. The Labute approximate surface area is 184 Å². The normalized spacial score (nSPS) is 12.5. The Morgan fingerprint density at radius 3 is 2.18 bits per heavy atom. The van der Waals surface area contributed by atoms with E-state index in [0.717, 1.165) is 24.4 Å². The molecule has 3 rings (SSSR count). The smallest absolute Gasteiger partial charge is 0.389 e. The molecule has 176 valence electrons. The molecule has 0 fully saturated rings. The van der Waals surface area contributed by atoms with E-state index in [9.17, 15) is 31.4 Å². The largest absolute Gasteiger partial charge is 0.433 e. The second-order valence-electron chi connectivity index (χ2n) is 7.59. The quantitative estimate of drug-likeness (QED) is 0.440. The van der Waals surface area contributed by atoms with Gasteiger partial charge in [0.2, 0.25) is 5.95 Å². The van der Waals surface area contributed by atoms with Crippen LogP contribution in [0.15, 0.2) is 42.6 Å². The topological polar surface area (TPSA) is 95.8 Å². The molecule has 3 aromatic rings. The second-order valence-corrected chi connectivity index (χ2v) is 7.59. The van der Waals surface area contributed by atoms with Crippen molar-refractivity contribution < 1.29 is 31.4 Å². The lowest BCUT2D eigenvalue weighted by molar-refractivity contribution is -0.141. The zero-order valence-electron chi connectivity index (χ0n) is 17.3. The number of alkyl halides is 6. The average Bonchev–Trinajstić information content (AvgIpc) is 2.71. The van der Waals surface area contributed by atoms with E-state index in [1.807, 2.05) is 0 Å². The van der Waals surface area contributed by atoms with Crippen molar-refractivity contribution in [3.63, 3.8) is 0 Å². The molecule has 0 saturated carbocycles. The average molecular weight is 472 g/mol. The van der Waals surface area contributed by atoms with Crippen molar-refractivity contribution in [1.82, 2.24) is 19.9 Å². The van der Waals surface area contributed by atoms with Crippen LogP contribution < -0.4 is 10.6 Å². The number of rotatable bonds is 6. The molecular formula is C20H18F6N6O. The first-order valence-corrected chi connectivity index (χ1v) is 9.41. The van der Waals surface area contributed by atoms with Crippen LogP contribution in [-0.4, -0.2) is 37.2 Å². The van der Waals surface area contributed by atoms with Crippen molar-refractivity contribution in [3.8, 4) is 11.4 Å². The van der Waals surface area contributed by atoms with Crippen LogP contribution in [0.1, 0.15) is 25.2 Å². The maximum absolute atomic E-state index is 13.1. The van der Waals surface area contributed by atoms with E-state index < -0.39 is 29.3 Å². The fourth-order valence-corrected chi connectivity index (χ4v) is 2.56. The minimum atomic E-state index is -4.68. The van der Waals surface area contributed by atoms with E-state index in [-0.39, 0.29) is 35.4 Å². The monoisotopic (exact) mass is 472 g/mol. The highest BCUT2D eigenvalue weighted by atomic mass is 19.4. The summed E-state index contributed by atoms with van der Waals surface area (Å²) in [5.41, 5.74) is -3.64. The van der Waals surface area contributed by atoms with E-state index in [2.05, 4.69) is 30.6 Å². The number of nitrogens with zero attached hydrogens (tertiary/aromatic N) is 4. The van der Waals surface area contributed by atoms with Crippen LogP contribution in [0, 0.1) is 0 Å².